The fourth-order valence-electron chi connectivity index (χ4n) is 2.79. The molecule has 0 radical (unpaired) electrons. The third-order valence-electron chi connectivity index (χ3n) is 4.01. The first-order chi connectivity index (χ1) is 9.98. The van der Waals surface area contributed by atoms with Gasteiger partial charge in [-0.15, -0.1) is 0 Å². The number of piperidine rings is 1. The van der Waals surface area contributed by atoms with Crippen LogP contribution in [0.3, 0.4) is 0 Å². The van der Waals surface area contributed by atoms with Crippen molar-refractivity contribution in [3.8, 4) is 5.75 Å². The molecular formula is C18H30N2O. The summed E-state index contributed by atoms with van der Waals surface area (Å²) in [6.45, 7) is 10.9. The van der Waals surface area contributed by atoms with Gasteiger partial charge in [0.05, 0.1) is 7.11 Å². The molecule has 0 amide bonds. The van der Waals surface area contributed by atoms with Crippen molar-refractivity contribution in [1.82, 2.24) is 10.2 Å². The van der Waals surface area contributed by atoms with Crippen LogP contribution in [0.5, 0.6) is 5.75 Å². The first-order valence-electron chi connectivity index (χ1n) is 8.11. The van der Waals surface area contributed by atoms with Crippen LogP contribution in [0.25, 0.3) is 0 Å². The lowest BCUT2D eigenvalue weighted by atomic mass is 10.0. The van der Waals surface area contributed by atoms with Crippen LogP contribution in [0.2, 0.25) is 0 Å². The van der Waals surface area contributed by atoms with Gasteiger partial charge in [0.25, 0.3) is 0 Å². The van der Waals surface area contributed by atoms with Crippen LogP contribution in [0, 0.1) is 0 Å². The summed E-state index contributed by atoms with van der Waals surface area (Å²) in [5, 5.41) is 3.55. The third-order valence-corrected chi connectivity index (χ3v) is 4.01. The molecule has 0 spiro atoms. The Labute approximate surface area is 129 Å². The zero-order valence-corrected chi connectivity index (χ0v) is 14.0. The Hall–Kier alpha value is -1.06. The van der Waals surface area contributed by atoms with Crippen molar-refractivity contribution in [3.05, 3.63) is 29.3 Å². The van der Waals surface area contributed by atoms with Gasteiger partial charge in [-0.05, 0) is 64.4 Å². The van der Waals surface area contributed by atoms with E-state index in [2.05, 4.69) is 49.2 Å². The maximum absolute atomic E-state index is 5.54. The Bertz CT molecular complexity index is 445. The van der Waals surface area contributed by atoms with E-state index in [0.717, 1.165) is 18.8 Å². The quantitative estimate of drug-likeness (QED) is 0.897. The van der Waals surface area contributed by atoms with E-state index < -0.39 is 0 Å². The number of methoxy groups -OCH3 is 1. The summed E-state index contributed by atoms with van der Waals surface area (Å²) in [5.74, 6) is 1.01. The molecule has 1 aromatic rings. The highest BCUT2D eigenvalue weighted by Crippen LogP contribution is 2.23. The van der Waals surface area contributed by atoms with Gasteiger partial charge in [0.15, 0.2) is 0 Å². The standard InChI is InChI=1S/C18H30N2O/c1-18(2,3)19-13-15-8-9-17(21-4)16(12-15)14-20-10-6-5-7-11-20/h8-9,12,19H,5-7,10-11,13-14H2,1-4H3. The Morgan fingerprint density at radius 1 is 1.14 bits per heavy atom. The third kappa shape index (κ3) is 5.33. The van der Waals surface area contributed by atoms with Gasteiger partial charge in [0.2, 0.25) is 0 Å². The van der Waals surface area contributed by atoms with E-state index in [0.29, 0.717) is 0 Å². The fourth-order valence-corrected chi connectivity index (χ4v) is 2.79. The van der Waals surface area contributed by atoms with Crippen LogP contribution in [0.4, 0.5) is 0 Å². The Balaban J connectivity index is 2.06. The number of benzene rings is 1. The van der Waals surface area contributed by atoms with Gasteiger partial charge in [-0.3, -0.25) is 4.90 Å². The Kier molecular flexibility index (Phi) is 5.65. The number of nitrogens with zero attached hydrogens (tertiary/aromatic N) is 1. The van der Waals surface area contributed by atoms with Gasteiger partial charge in [-0.1, -0.05) is 12.5 Å². The first kappa shape index (κ1) is 16.3. The molecule has 0 bridgehead atoms. The van der Waals surface area contributed by atoms with Crippen molar-refractivity contribution in [1.29, 1.82) is 0 Å². The van der Waals surface area contributed by atoms with Gasteiger partial charge in [-0.25, -0.2) is 0 Å². The highest BCUT2D eigenvalue weighted by molar-refractivity contribution is 5.37. The minimum atomic E-state index is 0.146. The van der Waals surface area contributed by atoms with Crippen molar-refractivity contribution < 1.29 is 4.74 Å². The summed E-state index contributed by atoms with van der Waals surface area (Å²) in [6, 6.07) is 6.57. The Morgan fingerprint density at radius 3 is 2.48 bits per heavy atom. The van der Waals surface area contributed by atoms with Crippen LogP contribution in [-0.2, 0) is 13.1 Å². The molecule has 0 unspecified atom stereocenters. The molecule has 1 aromatic carbocycles. The SMILES string of the molecule is COc1ccc(CNC(C)(C)C)cc1CN1CCCCC1. The lowest BCUT2D eigenvalue weighted by molar-refractivity contribution is 0.218. The lowest BCUT2D eigenvalue weighted by Gasteiger charge is -2.27. The molecule has 3 nitrogen and oxygen atoms in total. The predicted octanol–water partition coefficient (Wildman–Crippen LogP) is 3.57. The molecule has 1 N–H and O–H groups in total. The largest absolute Gasteiger partial charge is 0.496 e. The first-order valence-corrected chi connectivity index (χ1v) is 8.11. The molecule has 1 aliphatic heterocycles. The monoisotopic (exact) mass is 290 g/mol. The topological polar surface area (TPSA) is 24.5 Å². The molecule has 1 fully saturated rings. The van der Waals surface area contributed by atoms with Gasteiger partial charge >= 0.3 is 0 Å². The van der Waals surface area contributed by atoms with E-state index in [-0.39, 0.29) is 5.54 Å². The molecule has 0 saturated carbocycles. The van der Waals surface area contributed by atoms with Gasteiger partial charge in [-0.2, -0.15) is 0 Å². The number of hydrogen-bond donors (Lipinski definition) is 1. The number of nitrogens with one attached hydrogen (secondary N) is 1. The Morgan fingerprint density at radius 2 is 1.86 bits per heavy atom. The van der Waals surface area contributed by atoms with Crippen molar-refractivity contribution in [2.75, 3.05) is 20.2 Å². The maximum atomic E-state index is 5.54. The average molecular weight is 290 g/mol. The molecular weight excluding hydrogens is 260 g/mol. The second-order valence-electron chi connectivity index (χ2n) is 7.09. The minimum absolute atomic E-state index is 0.146. The average Bonchev–Trinajstić information content (AvgIpc) is 2.46. The zero-order valence-electron chi connectivity index (χ0n) is 14.0. The number of rotatable bonds is 5. The second kappa shape index (κ2) is 7.28. The molecule has 118 valence electrons. The summed E-state index contributed by atoms with van der Waals surface area (Å²) >= 11 is 0. The van der Waals surface area contributed by atoms with Crippen molar-refractivity contribution in [2.24, 2.45) is 0 Å². The van der Waals surface area contributed by atoms with Crippen LogP contribution < -0.4 is 10.1 Å². The number of ether oxygens (including phenoxy) is 1. The molecule has 0 aromatic heterocycles. The van der Waals surface area contributed by atoms with E-state index in [1.807, 2.05) is 0 Å². The van der Waals surface area contributed by atoms with E-state index in [1.54, 1.807) is 7.11 Å². The highest BCUT2D eigenvalue weighted by Gasteiger charge is 2.14. The van der Waals surface area contributed by atoms with Crippen LogP contribution >= 0.6 is 0 Å². The highest BCUT2D eigenvalue weighted by atomic mass is 16.5. The number of hydrogen-bond acceptors (Lipinski definition) is 3. The fraction of sp³-hybridized carbons (Fsp3) is 0.667. The number of likely N-dealkylation sites (tertiary alicyclic amines) is 1. The van der Waals surface area contributed by atoms with Crippen molar-refractivity contribution >= 4 is 0 Å². The normalized spacial score (nSPS) is 17.0. The summed E-state index contributed by atoms with van der Waals surface area (Å²) in [6.07, 6.45) is 4.03. The zero-order chi connectivity index (χ0) is 15.3. The minimum Gasteiger partial charge on any atom is -0.496 e. The van der Waals surface area contributed by atoms with Crippen LogP contribution in [0.1, 0.15) is 51.2 Å². The molecule has 1 aliphatic rings. The van der Waals surface area contributed by atoms with Crippen LogP contribution in [0.15, 0.2) is 18.2 Å². The van der Waals surface area contributed by atoms with Gasteiger partial charge < -0.3 is 10.1 Å². The molecule has 3 heteroatoms. The summed E-state index contributed by atoms with van der Waals surface area (Å²) in [5.41, 5.74) is 2.79. The van der Waals surface area contributed by atoms with Crippen molar-refractivity contribution in [3.63, 3.8) is 0 Å². The lowest BCUT2D eigenvalue weighted by Crippen LogP contribution is -2.35. The van der Waals surface area contributed by atoms with Gasteiger partial charge in [0.1, 0.15) is 5.75 Å². The molecule has 0 aliphatic carbocycles. The smallest absolute Gasteiger partial charge is 0.123 e. The van der Waals surface area contributed by atoms with Crippen LogP contribution in [-0.4, -0.2) is 30.6 Å². The second-order valence-corrected chi connectivity index (χ2v) is 7.09. The molecule has 1 saturated heterocycles. The molecule has 2 rings (SSSR count). The van der Waals surface area contributed by atoms with E-state index >= 15 is 0 Å². The van der Waals surface area contributed by atoms with E-state index in [9.17, 15) is 0 Å². The summed E-state index contributed by atoms with van der Waals surface area (Å²) < 4.78 is 5.54. The molecule has 0 atom stereocenters. The van der Waals surface area contributed by atoms with Crippen molar-refractivity contribution in [2.45, 2.75) is 58.7 Å². The summed E-state index contributed by atoms with van der Waals surface area (Å²) in [4.78, 5) is 2.54. The van der Waals surface area contributed by atoms with Gasteiger partial charge in [0, 0.05) is 24.2 Å². The molecule has 1 heterocycles. The predicted molar refractivity (Wildman–Crippen MR) is 88.7 cm³/mol. The van der Waals surface area contributed by atoms with E-state index in [4.69, 9.17) is 4.74 Å². The summed E-state index contributed by atoms with van der Waals surface area (Å²) in [7, 11) is 1.77. The molecule has 21 heavy (non-hydrogen) atoms. The van der Waals surface area contributed by atoms with E-state index in [1.165, 1.54) is 43.5 Å². The maximum Gasteiger partial charge on any atom is 0.123 e.